The molecule has 0 aliphatic heterocycles. The predicted molar refractivity (Wildman–Crippen MR) is 80.4 cm³/mol. The quantitative estimate of drug-likeness (QED) is 0.619. The summed E-state index contributed by atoms with van der Waals surface area (Å²) in [6.45, 7) is 4.78. The van der Waals surface area contributed by atoms with Gasteiger partial charge in [0.05, 0.1) is 23.8 Å². The maximum absolute atomic E-state index is 14.1. The van der Waals surface area contributed by atoms with Crippen LogP contribution < -0.4 is 10.1 Å². The zero-order valence-electron chi connectivity index (χ0n) is 13.0. The van der Waals surface area contributed by atoms with Crippen molar-refractivity contribution in [1.29, 1.82) is 0 Å². The van der Waals surface area contributed by atoms with Gasteiger partial charge in [-0.3, -0.25) is 10.1 Å². The maximum Gasteiger partial charge on any atom is 0.313 e. The molecule has 1 N–H and O–H groups in total. The van der Waals surface area contributed by atoms with Crippen LogP contribution in [0.5, 0.6) is 5.75 Å². The molecule has 118 valence electrons. The van der Waals surface area contributed by atoms with E-state index in [0.717, 1.165) is 12.6 Å². The van der Waals surface area contributed by atoms with Crippen molar-refractivity contribution in [2.45, 2.75) is 19.9 Å². The monoisotopic (exact) mass is 299 g/mol. The van der Waals surface area contributed by atoms with Gasteiger partial charge in [0.25, 0.3) is 0 Å². The first-order valence-electron chi connectivity index (χ1n) is 6.69. The third kappa shape index (κ3) is 4.56. The first-order chi connectivity index (χ1) is 9.76. The molecule has 1 aromatic carbocycles. The highest BCUT2D eigenvalue weighted by Crippen LogP contribution is 2.32. The first kappa shape index (κ1) is 17.2. The van der Waals surface area contributed by atoms with Crippen molar-refractivity contribution in [3.05, 3.63) is 28.1 Å². The molecule has 0 amide bonds. The number of rotatable bonds is 7. The Hall–Kier alpha value is -1.89. The van der Waals surface area contributed by atoms with Crippen molar-refractivity contribution >= 4 is 11.4 Å². The molecule has 0 fully saturated rings. The highest BCUT2D eigenvalue weighted by atomic mass is 19.1. The van der Waals surface area contributed by atoms with Crippen molar-refractivity contribution in [1.82, 2.24) is 4.90 Å². The molecule has 0 aliphatic rings. The van der Waals surface area contributed by atoms with Crippen LogP contribution in [0.3, 0.4) is 0 Å². The van der Waals surface area contributed by atoms with E-state index in [1.165, 1.54) is 13.2 Å². The zero-order valence-corrected chi connectivity index (χ0v) is 13.0. The molecule has 0 aromatic heterocycles. The fraction of sp³-hybridized carbons (Fsp3) is 0.571. The number of halogens is 1. The van der Waals surface area contributed by atoms with Crippen LogP contribution >= 0.6 is 0 Å². The Morgan fingerprint density at radius 3 is 2.48 bits per heavy atom. The number of hydrogen-bond acceptors (Lipinski definition) is 5. The molecule has 1 atom stereocenters. The van der Waals surface area contributed by atoms with E-state index in [-0.39, 0.29) is 29.1 Å². The van der Waals surface area contributed by atoms with Crippen LogP contribution in [0.4, 0.5) is 15.8 Å². The van der Waals surface area contributed by atoms with Gasteiger partial charge in [-0.2, -0.15) is 0 Å². The minimum absolute atomic E-state index is 0.0145. The number of nitrogens with one attached hydrogen (secondary N) is 1. The Balaban J connectivity index is 3.09. The van der Waals surface area contributed by atoms with Gasteiger partial charge < -0.3 is 15.0 Å². The first-order valence-corrected chi connectivity index (χ1v) is 6.69. The van der Waals surface area contributed by atoms with Gasteiger partial charge in [0, 0.05) is 18.7 Å². The van der Waals surface area contributed by atoms with Crippen molar-refractivity contribution in [3.63, 3.8) is 0 Å². The summed E-state index contributed by atoms with van der Waals surface area (Å²) in [5, 5.41) is 14.0. The van der Waals surface area contributed by atoms with Gasteiger partial charge >= 0.3 is 5.69 Å². The lowest BCUT2D eigenvalue weighted by molar-refractivity contribution is -0.385. The molecule has 1 aromatic rings. The van der Waals surface area contributed by atoms with Crippen LogP contribution in [-0.2, 0) is 0 Å². The highest BCUT2D eigenvalue weighted by molar-refractivity contribution is 5.59. The zero-order chi connectivity index (χ0) is 16.2. The third-order valence-corrected chi connectivity index (χ3v) is 3.17. The van der Waals surface area contributed by atoms with E-state index in [0.29, 0.717) is 0 Å². The second-order valence-corrected chi connectivity index (χ2v) is 5.52. The Labute approximate surface area is 124 Å². The normalized spacial score (nSPS) is 12.6. The van der Waals surface area contributed by atoms with Crippen LogP contribution in [0, 0.1) is 21.8 Å². The summed E-state index contributed by atoms with van der Waals surface area (Å²) < 4.78 is 19.0. The van der Waals surface area contributed by atoms with E-state index in [1.54, 1.807) is 0 Å². The average Bonchev–Trinajstić information content (AvgIpc) is 2.38. The molecule has 0 bridgehead atoms. The smallest absolute Gasteiger partial charge is 0.313 e. The highest BCUT2D eigenvalue weighted by Gasteiger charge is 2.22. The summed E-state index contributed by atoms with van der Waals surface area (Å²) in [5.41, 5.74) is -0.174. The topological polar surface area (TPSA) is 67.6 Å². The SMILES string of the molecule is COc1cc(NC(CN(C)C)C(C)C)c(F)cc1[N+](=O)[O-]. The molecule has 1 rings (SSSR count). The Morgan fingerprint density at radius 2 is 2.05 bits per heavy atom. The summed E-state index contributed by atoms with van der Waals surface area (Å²) in [5.74, 6) is -0.351. The van der Waals surface area contributed by atoms with Crippen molar-refractivity contribution in [2.75, 3.05) is 33.1 Å². The molecule has 0 spiro atoms. The summed E-state index contributed by atoms with van der Waals surface area (Å²) in [6, 6.07) is 2.23. The summed E-state index contributed by atoms with van der Waals surface area (Å²) in [7, 11) is 5.19. The summed E-state index contributed by atoms with van der Waals surface area (Å²) in [6.07, 6.45) is 0. The van der Waals surface area contributed by atoms with Gasteiger partial charge in [-0.1, -0.05) is 13.8 Å². The summed E-state index contributed by atoms with van der Waals surface area (Å²) >= 11 is 0. The molecule has 6 nitrogen and oxygen atoms in total. The van der Waals surface area contributed by atoms with Crippen LogP contribution in [0.25, 0.3) is 0 Å². The maximum atomic E-state index is 14.1. The number of methoxy groups -OCH3 is 1. The number of benzene rings is 1. The molecule has 0 heterocycles. The average molecular weight is 299 g/mol. The molecule has 7 heteroatoms. The van der Waals surface area contributed by atoms with E-state index in [1.807, 2.05) is 32.8 Å². The molecule has 21 heavy (non-hydrogen) atoms. The number of anilines is 1. The van der Waals surface area contributed by atoms with E-state index < -0.39 is 10.7 Å². The Kier molecular flexibility index (Phi) is 5.90. The van der Waals surface area contributed by atoms with Crippen LogP contribution in [0.15, 0.2) is 12.1 Å². The van der Waals surface area contributed by atoms with Crippen LogP contribution in [-0.4, -0.2) is 43.6 Å². The molecular weight excluding hydrogens is 277 g/mol. The molecule has 0 aliphatic carbocycles. The lowest BCUT2D eigenvalue weighted by Gasteiger charge is -2.27. The van der Waals surface area contributed by atoms with Crippen molar-refractivity contribution in [3.8, 4) is 5.75 Å². The van der Waals surface area contributed by atoms with E-state index >= 15 is 0 Å². The second-order valence-electron chi connectivity index (χ2n) is 5.52. The van der Waals surface area contributed by atoms with E-state index in [9.17, 15) is 14.5 Å². The molecule has 1 unspecified atom stereocenters. The van der Waals surface area contributed by atoms with Gasteiger partial charge in [-0.15, -0.1) is 0 Å². The van der Waals surface area contributed by atoms with Crippen molar-refractivity contribution in [2.24, 2.45) is 5.92 Å². The van der Waals surface area contributed by atoms with Gasteiger partial charge in [-0.05, 0) is 20.0 Å². The third-order valence-electron chi connectivity index (χ3n) is 3.17. The van der Waals surface area contributed by atoms with E-state index in [4.69, 9.17) is 4.74 Å². The lowest BCUT2D eigenvalue weighted by atomic mass is 10.0. The molecular formula is C14H22FN3O3. The standard InChI is InChI=1S/C14H22FN3O3/c1-9(2)12(8-17(3)4)16-11-7-14(21-5)13(18(19)20)6-10(11)15/h6-7,9,12,16H,8H2,1-5H3. The Bertz CT molecular complexity index is 506. The van der Waals surface area contributed by atoms with Gasteiger partial charge in [0.15, 0.2) is 11.6 Å². The van der Waals surface area contributed by atoms with Crippen LogP contribution in [0.2, 0.25) is 0 Å². The number of nitro benzene ring substituents is 1. The van der Waals surface area contributed by atoms with Gasteiger partial charge in [0.2, 0.25) is 0 Å². The second kappa shape index (κ2) is 7.21. The summed E-state index contributed by atoms with van der Waals surface area (Å²) in [4.78, 5) is 12.2. The largest absolute Gasteiger partial charge is 0.490 e. The number of likely N-dealkylation sites (N-methyl/N-ethyl adjacent to an activating group) is 1. The fourth-order valence-corrected chi connectivity index (χ4v) is 1.98. The Morgan fingerprint density at radius 1 is 1.43 bits per heavy atom. The molecule has 0 radical (unpaired) electrons. The lowest BCUT2D eigenvalue weighted by Crippen LogP contribution is -2.36. The fourth-order valence-electron chi connectivity index (χ4n) is 1.98. The minimum atomic E-state index is -0.661. The molecule has 0 saturated heterocycles. The minimum Gasteiger partial charge on any atom is -0.490 e. The number of nitrogens with zero attached hydrogens (tertiary/aromatic N) is 2. The van der Waals surface area contributed by atoms with Crippen LogP contribution in [0.1, 0.15) is 13.8 Å². The predicted octanol–water partition coefficient (Wildman–Crippen LogP) is 2.74. The number of nitro groups is 1. The van der Waals surface area contributed by atoms with Gasteiger partial charge in [0.1, 0.15) is 0 Å². The van der Waals surface area contributed by atoms with Crippen molar-refractivity contribution < 1.29 is 14.1 Å². The molecule has 0 saturated carbocycles. The number of hydrogen-bond donors (Lipinski definition) is 1. The number of ether oxygens (including phenoxy) is 1. The van der Waals surface area contributed by atoms with Gasteiger partial charge in [-0.25, -0.2) is 4.39 Å². The van der Waals surface area contributed by atoms with E-state index in [2.05, 4.69) is 5.32 Å².